The molecule has 0 saturated carbocycles. The van der Waals surface area contributed by atoms with Crippen molar-refractivity contribution in [2.24, 2.45) is 5.73 Å². The minimum atomic E-state index is -1.38. The molecule has 9 N–H and O–H groups in total. The Labute approximate surface area is 234 Å². The fraction of sp³-hybridized carbons (Fsp3) is 0.440. The highest BCUT2D eigenvalue weighted by Crippen LogP contribution is 2.11. The van der Waals surface area contributed by atoms with Gasteiger partial charge < -0.3 is 42.0 Å². The van der Waals surface area contributed by atoms with Crippen molar-refractivity contribution in [3.8, 4) is 5.75 Å². The summed E-state index contributed by atoms with van der Waals surface area (Å²) in [7, 11) is 0. The molecule has 0 aliphatic heterocycles. The second-order valence-electron chi connectivity index (χ2n) is 8.99. The van der Waals surface area contributed by atoms with Gasteiger partial charge >= 0.3 is 11.9 Å². The maximum atomic E-state index is 13.2. The Hall–Kier alpha value is -4.11. The predicted molar refractivity (Wildman–Crippen MR) is 145 cm³/mol. The molecule has 218 valence electrons. The molecule has 2 rings (SSSR count). The molecule has 0 bridgehead atoms. The number of aromatic amines is 1. The minimum absolute atomic E-state index is 0.0630. The molecule has 0 spiro atoms. The first-order chi connectivity index (χ1) is 19.0. The van der Waals surface area contributed by atoms with Crippen LogP contribution in [0.3, 0.4) is 0 Å². The van der Waals surface area contributed by atoms with Crippen LogP contribution in [-0.2, 0) is 36.8 Å². The molecule has 4 atom stereocenters. The van der Waals surface area contributed by atoms with Crippen molar-refractivity contribution in [1.82, 2.24) is 25.9 Å². The number of carbonyl (C=O) groups excluding carboxylic acids is 3. The normalized spacial score (nSPS) is 13.8. The maximum Gasteiger partial charge on any atom is 0.326 e. The van der Waals surface area contributed by atoms with E-state index >= 15 is 0 Å². The highest BCUT2D eigenvalue weighted by atomic mass is 32.2. The van der Waals surface area contributed by atoms with Crippen LogP contribution in [0.25, 0.3) is 0 Å². The number of carboxylic acid groups (broad SMARTS) is 2. The van der Waals surface area contributed by atoms with Gasteiger partial charge in [0.2, 0.25) is 17.7 Å². The molecular weight excluding hydrogens is 544 g/mol. The molecule has 1 aromatic heterocycles. The molecule has 2 aromatic rings. The molecular formula is C25H34N6O8S. The van der Waals surface area contributed by atoms with Gasteiger partial charge in [-0.05, 0) is 49.0 Å². The van der Waals surface area contributed by atoms with Gasteiger partial charge in [0.05, 0.1) is 12.4 Å². The number of rotatable bonds is 17. The molecule has 3 amide bonds. The third-order valence-corrected chi connectivity index (χ3v) is 6.49. The molecule has 14 nitrogen and oxygen atoms in total. The zero-order valence-electron chi connectivity index (χ0n) is 21.8. The number of carbonyl (C=O) groups is 5. The van der Waals surface area contributed by atoms with E-state index in [1.54, 1.807) is 12.1 Å². The van der Waals surface area contributed by atoms with Crippen molar-refractivity contribution >= 4 is 41.4 Å². The first-order valence-corrected chi connectivity index (χ1v) is 13.7. The number of phenols is 1. The third-order valence-electron chi connectivity index (χ3n) is 5.85. The minimum Gasteiger partial charge on any atom is -0.508 e. The molecule has 1 aromatic carbocycles. The van der Waals surface area contributed by atoms with E-state index in [1.807, 2.05) is 6.26 Å². The van der Waals surface area contributed by atoms with E-state index in [0.717, 1.165) is 0 Å². The van der Waals surface area contributed by atoms with Gasteiger partial charge in [0.15, 0.2) is 0 Å². The summed E-state index contributed by atoms with van der Waals surface area (Å²) >= 11 is 1.42. The van der Waals surface area contributed by atoms with E-state index in [4.69, 9.17) is 10.8 Å². The summed E-state index contributed by atoms with van der Waals surface area (Å²) in [5.74, 6) is -4.26. The lowest BCUT2D eigenvalue weighted by molar-refractivity contribution is -0.143. The second kappa shape index (κ2) is 16.1. The number of phenolic OH excluding ortho intramolecular Hbond substituents is 1. The summed E-state index contributed by atoms with van der Waals surface area (Å²) < 4.78 is 0. The maximum absolute atomic E-state index is 13.2. The van der Waals surface area contributed by atoms with Crippen molar-refractivity contribution in [2.45, 2.75) is 56.3 Å². The smallest absolute Gasteiger partial charge is 0.326 e. The van der Waals surface area contributed by atoms with Crippen LogP contribution in [0.5, 0.6) is 5.75 Å². The number of thioether (sulfide) groups is 1. The van der Waals surface area contributed by atoms with Crippen LogP contribution < -0.4 is 21.7 Å². The third kappa shape index (κ3) is 10.9. The Kier molecular flexibility index (Phi) is 12.9. The fourth-order valence-corrected chi connectivity index (χ4v) is 4.13. The second-order valence-corrected chi connectivity index (χ2v) is 9.98. The molecule has 0 aliphatic carbocycles. The number of H-pyrrole nitrogens is 1. The van der Waals surface area contributed by atoms with E-state index in [-0.39, 0.29) is 31.4 Å². The van der Waals surface area contributed by atoms with Gasteiger partial charge in [-0.2, -0.15) is 11.8 Å². The molecule has 4 unspecified atom stereocenters. The van der Waals surface area contributed by atoms with E-state index in [1.165, 1.54) is 36.4 Å². The van der Waals surface area contributed by atoms with E-state index in [9.17, 15) is 34.2 Å². The van der Waals surface area contributed by atoms with Crippen LogP contribution in [0.2, 0.25) is 0 Å². The number of aromatic nitrogens is 2. The van der Waals surface area contributed by atoms with Gasteiger partial charge in [-0.15, -0.1) is 0 Å². The quantitative estimate of drug-likeness (QED) is 0.118. The number of nitrogens with two attached hydrogens (primary N) is 1. The molecule has 1 heterocycles. The summed E-state index contributed by atoms with van der Waals surface area (Å²) in [5.41, 5.74) is 7.17. The average molecular weight is 579 g/mol. The van der Waals surface area contributed by atoms with E-state index in [0.29, 0.717) is 17.0 Å². The standard InChI is InChI=1S/C25H34N6O8S/c1-40-9-8-19(29-22(35)17(26)10-14-2-4-16(32)5-3-14)24(37)30-18(6-7-21(33)34)23(36)31-20(25(38)39)11-15-12-27-13-28-15/h2-5,12-13,17-20,32H,6-11,26H2,1H3,(H,27,28)(H,29,35)(H,30,37)(H,31,36)(H,33,34)(H,38,39). The van der Waals surface area contributed by atoms with Gasteiger partial charge in [0.25, 0.3) is 0 Å². The number of aliphatic carboxylic acids is 2. The highest BCUT2D eigenvalue weighted by molar-refractivity contribution is 7.98. The number of hydrogen-bond donors (Lipinski definition) is 8. The number of hydrogen-bond acceptors (Lipinski definition) is 9. The molecule has 15 heteroatoms. The van der Waals surface area contributed by atoms with Gasteiger partial charge in [-0.25, -0.2) is 9.78 Å². The number of carboxylic acids is 2. The Morgan fingerprint density at radius 3 is 2.08 bits per heavy atom. The van der Waals surface area contributed by atoms with Gasteiger partial charge in [0.1, 0.15) is 23.9 Å². The van der Waals surface area contributed by atoms with Crippen LogP contribution in [0, 0.1) is 0 Å². The first kappa shape index (κ1) is 32.1. The monoisotopic (exact) mass is 578 g/mol. The van der Waals surface area contributed by atoms with Crippen molar-refractivity contribution in [3.63, 3.8) is 0 Å². The summed E-state index contributed by atoms with van der Waals surface area (Å²) in [6.45, 7) is 0. The number of imidazole rings is 1. The molecule has 40 heavy (non-hydrogen) atoms. The van der Waals surface area contributed by atoms with E-state index in [2.05, 4.69) is 25.9 Å². The SMILES string of the molecule is CSCCC(NC(=O)C(N)Cc1ccc(O)cc1)C(=O)NC(CCC(=O)O)C(=O)NC(Cc1cnc[nH]1)C(=O)O. The van der Waals surface area contributed by atoms with Crippen LogP contribution in [0.1, 0.15) is 30.5 Å². The Morgan fingerprint density at radius 2 is 1.52 bits per heavy atom. The number of nitrogens with zero attached hydrogens (tertiary/aromatic N) is 1. The lowest BCUT2D eigenvalue weighted by atomic mass is 10.0. The Balaban J connectivity index is 2.12. The largest absolute Gasteiger partial charge is 0.508 e. The highest BCUT2D eigenvalue weighted by Gasteiger charge is 2.31. The van der Waals surface area contributed by atoms with Crippen LogP contribution in [0.4, 0.5) is 0 Å². The molecule has 0 aliphatic rings. The zero-order valence-corrected chi connectivity index (χ0v) is 22.6. The Morgan fingerprint density at radius 1 is 0.925 bits per heavy atom. The van der Waals surface area contributed by atoms with Crippen molar-refractivity contribution < 1.29 is 39.3 Å². The number of benzene rings is 1. The van der Waals surface area contributed by atoms with Crippen LogP contribution >= 0.6 is 11.8 Å². The van der Waals surface area contributed by atoms with Crippen molar-refractivity contribution in [3.05, 3.63) is 48.0 Å². The summed E-state index contributed by atoms with van der Waals surface area (Å²) in [4.78, 5) is 68.4. The zero-order chi connectivity index (χ0) is 29.7. The first-order valence-electron chi connectivity index (χ1n) is 12.4. The fourth-order valence-electron chi connectivity index (χ4n) is 3.66. The Bertz CT molecular complexity index is 1140. The van der Waals surface area contributed by atoms with Crippen molar-refractivity contribution in [1.29, 1.82) is 0 Å². The van der Waals surface area contributed by atoms with Crippen LogP contribution in [-0.4, -0.2) is 91.1 Å². The summed E-state index contributed by atoms with van der Waals surface area (Å²) in [6, 6.07) is 1.28. The lowest BCUT2D eigenvalue weighted by Gasteiger charge is -2.25. The van der Waals surface area contributed by atoms with Gasteiger partial charge in [-0.1, -0.05) is 12.1 Å². The summed E-state index contributed by atoms with van der Waals surface area (Å²) in [5, 5.41) is 35.5. The number of amides is 3. The molecule has 0 fully saturated rings. The number of aromatic hydroxyl groups is 1. The molecule has 0 radical (unpaired) electrons. The topological polar surface area (TPSA) is 237 Å². The van der Waals surface area contributed by atoms with Crippen molar-refractivity contribution in [2.75, 3.05) is 12.0 Å². The summed E-state index contributed by atoms with van der Waals surface area (Å²) in [6.07, 6.45) is 3.98. The van der Waals surface area contributed by atoms with Gasteiger partial charge in [-0.3, -0.25) is 19.2 Å². The average Bonchev–Trinajstić information content (AvgIpc) is 3.42. The van der Waals surface area contributed by atoms with E-state index < -0.39 is 60.2 Å². The van der Waals surface area contributed by atoms with Crippen LogP contribution in [0.15, 0.2) is 36.8 Å². The number of nitrogens with one attached hydrogen (secondary N) is 4. The lowest BCUT2D eigenvalue weighted by Crippen LogP contribution is -2.57. The molecule has 0 saturated heterocycles. The van der Waals surface area contributed by atoms with Gasteiger partial charge in [0, 0.05) is 24.7 Å². The predicted octanol–water partition coefficient (Wildman–Crippen LogP) is -0.615.